The number of hydrazine groups is 1. The zero-order chi connectivity index (χ0) is 17.9. The number of carbonyl (C=O) groups excluding carboxylic acids is 2. The molecular weight excluding hydrogens is 328 g/mol. The van der Waals surface area contributed by atoms with E-state index in [-0.39, 0.29) is 30.8 Å². The Morgan fingerprint density at radius 2 is 1.96 bits per heavy atom. The molecular formula is C16H24N4O3S. The van der Waals surface area contributed by atoms with Crippen molar-refractivity contribution in [2.75, 3.05) is 20.3 Å². The van der Waals surface area contributed by atoms with Gasteiger partial charge in [0.15, 0.2) is 5.11 Å². The lowest BCUT2D eigenvalue weighted by molar-refractivity contribution is -0.121. The molecule has 0 fully saturated rings. The van der Waals surface area contributed by atoms with E-state index in [9.17, 15) is 9.59 Å². The van der Waals surface area contributed by atoms with Crippen molar-refractivity contribution in [3.05, 3.63) is 35.4 Å². The van der Waals surface area contributed by atoms with Crippen molar-refractivity contribution in [1.29, 1.82) is 0 Å². The van der Waals surface area contributed by atoms with Crippen molar-refractivity contribution in [3.63, 3.8) is 0 Å². The highest BCUT2D eigenvalue weighted by Gasteiger charge is 2.09. The largest absolute Gasteiger partial charge is 0.383 e. The number of carbonyl (C=O) groups is 2. The number of rotatable bonds is 7. The van der Waals surface area contributed by atoms with Crippen molar-refractivity contribution in [2.24, 2.45) is 0 Å². The smallest absolute Gasteiger partial charge is 0.251 e. The Morgan fingerprint density at radius 3 is 2.62 bits per heavy atom. The van der Waals surface area contributed by atoms with Crippen LogP contribution < -0.4 is 21.5 Å². The van der Waals surface area contributed by atoms with E-state index in [0.29, 0.717) is 17.3 Å². The van der Waals surface area contributed by atoms with Gasteiger partial charge >= 0.3 is 0 Å². The fourth-order valence-electron chi connectivity index (χ4n) is 1.95. The third kappa shape index (κ3) is 7.38. The summed E-state index contributed by atoms with van der Waals surface area (Å²) in [5.41, 5.74) is 6.57. The van der Waals surface area contributed by atoms with Gasteiger partial charge in [0, 0.05) is 31.7 Å². The van der Waals surface area contributed by atoms with Crippen LogP contribution in [0.4, 0.5) is 0 Å². The zero-order valence-corrected chi connectivity index (χ0v) is 15.0. The number of ether oxygens (including phenoxy) is 1. The summed E-state index contributed by atoms with van der Waals surface area (Å²) < 4.78 is 4.97. The molecule has 4 N–H and O–H groups in total. The van der Waals surface area contributed by atoms with E-state index in [1.807, 2.05) is 26.0 Å². The standard InChI is InChI=1S/C16H24N4O3S/c1-11-6-4-5-7-13(11)15(22)17-9-8-14(21)19-20-16(24)18-12(2)10-23-3/h4-7,12H,8-10H2,1-3H3,(H,17,22)(H,19,21)(H2,18,20,24)/t12-/m0/s1. The van der Waals surface area contributed by atoms with Crippen LogP contribution in [-0.4, -0.2) is 43.2 Å². The third-order valence-corrected chi connectivity index (χ3v) is 3.36. The summed E-state index contributed by atoms with van der Waals surface area (Å²) in [6, 6.07) is 7.31. The molecule has 0 unspecified atom stereocenters. The van der Waals surface area contributed by atoms with Crippen molar-refractivity contribution < 1.29 is 14.3 Å². The van der Waals surface area contributed by atoms with E-state index in [0.717, 1.165) is 5.56 Å². The van der Waals surface area contributed by atoms with Crippen LogP contribution in [0, 0.1) is 6.92 Å². The van der Waals surface area contributed by atoms with E-state index >= 15 is 0 Å². The maximum absolute atomic E-state index is 12.0. The Balaban J connectivity index is 2.23. The highest BCUT2D eigenvalue weighted by Crippen LogP contribution is 2.06. The second-order valence-electron chi connectivity index (χ2n) is 5.32. The molecule has 1 aromatic carbocycles. The van der Waals surface area contributed by atoms with E-state index in [1.54, 1.807) is 19.2 Å². The normalized spacial score (nSPS) is 11.3. The van der Waals surface area contributed by atoms with Crippen molar-refractivity contribution >= 4 is 29.1 Å². The molecule has 0 spiro atoms. The lowest BCUT2D eigenvalue weighted by Gasteiger charge is -2.16. The van der Waals surface area contributed by atoms with Gasteiger partial charge in [0.2, 0.25) is 5.91 Å². The second kappa shape index (κ2) is 10.6. The molecule has 1 atom stereocenters. The first kappa shape index (κ1) is 19.9. The number of amides is 2. The monoisotopic (exact) mass is 352 g/mol. The van der Waals surface area contributed by atoms with E-state index in [1.165, 1.54) is 0 Å². The van der Waals surface area contributed by atoms with E-state index < -0.39 is 0 Å². The Labute approximate surface area is 147 Å². The van der Waals surface area contributed by atoms with Gasteiger partial charge in [-0.25, -0.2) is 0 Å². The molecule has 0 radical (unpaired) electrons. The molecule has 8 heteroatoms. The summed E-state index contributed by atoms with van der Waals surface area (Å²) in [5.74, 6) is -0.469. The number of methoxy groups -OCH3 is 1. The predicted octanol–water partition coefficient (Wildman–Crippen LogP) is 0.645. The Hall–Kier alpha value is -2.19. The molecule has 1 rings (SSSR count). The van der Waals surface area contributed by atoms with Crippen LogP contribution in [0.2, 0.25) is 0 Å². The van der Waals surface area contributed by atoms with Crippen LogP contribution in [0.25, 0.3) is 0 Å². The van der Waals surface area contributed by atoms with E-state index in [4.69, 9.17) is 17.0 Å². The number of nitrogens with one attached hydrogen (secondary N) is 4. The van der Waals surface area contributed by atoms with Gasteiger partial charge in [-0.1, -0.05) is 18.2 Å². The van der Waals surface area contributed by atoms with Crippen molar-refractivity contribution in [2.45, 2.75) is 26.3 Å². The maximum atomic E-state index is 12.0. The van der Waals surface area contributed by atoms with E-state index in [2.05, 4.69) is 21.5 Å². The number of aryl methyl sites for hydroxylation is 1. The maximum Gasteiger partial charge on any atom is 0.251 e. The first-order valence-corrected chi connectivity index (χ1v) is 8.03. The number of hydrogen-bond donors (Lipinski definition) is 4. The summed E-state index contributed by atoms with van der Waals surface area (Å²) in [6.45, 7) is 4.51. The number of benzene rings is 1. The number of hydrogen-bond acceptors (Lipinski definition) is 4. The van der Waals surface area contributed by atoms with Gasteiger partial charge in [0.1, 0.15) is 0 Å². The molecule has 7 nitrogen and oxygen atoms in total. The second-order valence-corrected chi connectivity index (χ2v) is 5.73. The topological polar surface area (TPSA) is 91.5 Å². The first-order chi connectivity index (χ1) is 11.4. The molecule has 132 valence electrons. The molecule has 0 aliphatic carbocycles. The fraction of sp³-hybridized carbons (Fsp3) is 0.438. The minimum atomic E-state index is -0.274. The van der Waals surface area contributed by atoms with Gasteiger partial charge in [0.05, 0.1) is 6.61 Å². The Morgan fingerprint density at radius 1 is 1.25 bits per heavy atom. The molecule has 0 aliphatic heterocycles. The van der Waals surface area contributed by atoms with Crippen LogP contribution in [0.5, 0.6) is 0 Å². The summed E-state index contributed by atoms with van der Waals surface area (Å²) in [5, 5.41) is 5.97. The van der Waals surface area contributed by atoms with Gasteiger partial charge in [-0.2, -0.15) is 0 Å². The Kier molecular flexibility index (Phi) is 8.74. The molecule has 0 heterocycles. The fourth-order valence-corrected chi connectivity index (χ4v) is 2.21. The number of thiocarbonyl (C=S) groups is 1. The summed E-state index contributed by atoms with van der Waals surface area (Å²) in [4.78, 5) is 23.7. The lowest BCUT2D eigenvalue weighted by Crippen LogP contribution is -2.50. The summed E-state index contributed by atoms with van der Waals surface area (Å²) in [7, 11) is 1.60. The van der Waals surface area contributed by atoms with Gasteiger partial charge in [-0.05, 0) is 37.7 Å². The average Bonchev–Trinajstić information content (AvgIpc) is 2.53. The highest BCUT2D eigenvalue weighted by molar-refractivity contribution is 7.80. The highest BCUT2D eigenvalue weighted by atomic mass is 32.1. The lowest BCUT2D eigenvalue weighted by atomic mass is 10.1. The van der Waals surface area contributed by atoms with Crippen LogP contribution in [0.3, 0.4) is 0 Å². The van der Waals surface area contributed by atoms with Crippen LogP contribution >= 0.6 is 12.2 Å². The van der Waals surface area contributed by atoms with Gasteiger partial charge < -0.3 is 15.4 Å². The minimum Gasteiger partial charge on any atom is -0.383 e. The van der Waals surface area contributed by atoms with Crippen LogP contribution in [0.15, 0.2) is 24.3 Å². The predicted molar refractivity (Wildman–Crippen MR) is 96.5 cm³/mol. The summed E-state index contributed by atoms with van der Waals surface area (Å²) in [6.07, 6.45) is 0.140. The molecule has 0 bridgehead atoms. The zero-order valence-electron chi connectivity index (χ0n) is 14.1. The summed E-state index contributed by atoms with van der Waals surface area (Å²) >= 11 is 5.03. The van der Waals surface area contributed by atoms with Crippen LogP contribution in [0.1, 0.15) is 29.3 Å². The molecule has 0 aromatic heterocycles. The molecule has 0 saturated carbocycles. The molecule has 0 aliphatic rings. The van der Waals surface area contributed by atoms with Crippen molar-refractivity contribution in [3.8, 4) is 0 Å². The van der Waals surface area contributed by atoms with Crippen molar-refractivity contribution in [1.82, 2.24) is 21.5 Å². The van der Waals surface area contributed by atoms with Crippen LogP contribution in [-0.2, 0) is 9.53 Å². The quantitative estimate of drug-likeness (QED) is 0.425. The molecule has 2 amide bonds. The average molecular weight is 352 g/mol. The third-order valence-electron chi connectivity index (χ3n) is 3.14. The van der Waals surface area contributed by atoms with Gasteiger partial charge in [0.25, 0.3) is 5.91 Å². The van der Waals surface area contributed by atoms with Gasteiger partial charge in [-0.15, -0.1) is 0 Å². The van der Waals surface area contributed by atoms with Gasteiger partial charge in [-0.3, -0.25) is 20.4 Å². The first-order valence-electron chi connectivity index (χ1n) is 7.62. The SMILES string of the molecule is COC[C@H](C)NC(=S)NNC(=O)CCNC(=O)c1ccccc1C. The Bertz CT molecular complexity index is 580. The molecule has 0 saturated heterocycles. The molecule has 1 aromatic rings. The molecule has 24 heavy (non-hydrogen) atoms. The minimum absolute atomic E-state index is 0.0281.